The number of fused-ring (bicyclic) bond motifs is 1. The average molecular weight is 299 g/mol. The second-order valence-electron chi connectivity index (χ2n) is 4.99. The van der Waals surface area contributed by atoms with E-state index in [1.54, 1.807) is 18.1 Å². The van der Waals surface area contributed by atoms with Crippen LogP contribution in [0.2, 0.25) is 0 Å². The highest BCUT2D eigenvalue weighted by Crippen LogP contribution is 2.27. The Labute approximate surface area is 127 Å². The zero-order valence-electron chi connectivity index (χ0n) is 12.3. The largest absolute Gasteiger partial charge is 0.357 e. The van der Waals surface area contributed by atoms with Crippen molar-refractivity contribution in [1.82, 2.24) is 19.9 Å². The lowest BCUT2D eigenvalue weighted by Gasteiger charge is -2.06. The highest BCUT2D eigenvalue weighted by atomic mass is 32.2. The molecule has 0 atom stereocenters. The molecule has 0 saturated carbocycles. The molecule has 2 aromatic heterocycles. The Morgan fingerprint density at radius 3 is 2.62 bits per heavy atom. The van der Waals surface area contributed by atoms with Gasteiger partial charge in [0.05, 0.1) is 6.33 Å². The van der Waals surface area contributed by atoms with Crippen molar-refractivity contribution in [3.8, 4) is 0 Å². The molecule has 0 unspecified atom stereocenters. The van der Waals surface area contributed by atoms with Gasteiger partial charge in [0.2, 0.25) is 5.95 Å². The van der Waals surface area contributed by atoms with Gasteiger partial charge in [-0.05, 0) is 19.4 Å². The van der Waals surface area contributed by atoms with Gasteiger partial charge in [0.25, 0.3) is 0 Å². The van der Waals surface area contributed by atoms with E-state index in [0.717, 1.165) is 16.3 Å². The third-order valence-electron chi connectivity index (χ3n) is 3.13. The number of hydrogen-bond acceptors (Lipinski definition) is 5. The van der Waals surface area contributed by atoms with Gasteiger partial charge in [0.1, 0.15) is 10.5 Å². The normalized spacial score (nSPS) is 11.0. The van der Waals surface area contributed by atoms with Crippen molar-refractivity contribution in [2.24, 2.45) is 0 Å². The van der Waals surface area contributed by atoms with Crippen LogP contribution in [0.1, 0.15) is 16.7 Å². The summed E-state index contributed by atoms with van der Waals surface area (Å²) < 4.78 is 0. The molecule has 0 aliphatic heterocycles. The number of nitrogens with zero attached hydrogens (tertiary/aromatic N) is 3. The zero-order chi connectivity index (χ0) is 14.8. The number of benzene rings is 1. The van der Waals surface area contributed by atoms with Crippen LogP contribution in [0.25, 0.3) is 11.2 Å². The van der Waals surface area contributed by atoms with Gasteiger partial charge in [-0.15, -0.1) is 0 Å². The molecule has 3 aromatic rings. The SMILES string of the molecule is CNc1nc(SCc2cc(C)cc(C)c2)c2[nH]cnc2n1. The number of H-pyrrole nitrogens is 1. The van der Waals surface area contributed by atoms with E-state index in [4.69, 9.17) is 0 Å². The van der Waals surface area contributed by atoms with Gasteiger partial charge in [0.15, 0.2) is 5.65 Å². The standard InChI is InChI=1S/C15H17N5S/c1-9-4-10(2)6-11(5-9)7-21-14-12-13(18-8-17-12)19-15(16-3)20-14/h4-6,8H,7H2,1-3H3,(H2,16,17,18,19,20). The second-order valence-corrected chi connectivity index (χ2v) is 5.95. The van der Waals surface area contributed by atoms with E-state index in [1.807, 2.05) is 7.05 Å². The number of aromatic amines is 1. The number of hydrogen-bond donors (Lipinski definition) is 2. The molecule has 108 valence electrons. The van der Waals surface area contributed by atoms with E-state index in [9.17, 15) is 0 Å². The molecule has 0 amide bonds. The molecule has 5 nitrogen and oxygen atoms in total. The highest BCUT2D eigenvalue weighted by molar-refractivity contribution is 7.98. The summed E-state index contributed by atoms with van der Waals surface area (Å²) in [6.45, 7) is 4.25. The van der Waals surface area contributed by atoms with Crippen molar-refractivity contribution in [1.29, 1.82) is 0 Å². The van der Waals surface area contributed by atoms with Crippen LogP contribution >= 0.6 is 11.8 Å². The zero-order valence-corrected chi connectivity index (χ0v) is 13.1. The quantitative estimate of drug-likeness (QED) is 0.571. The molecular weight excluding hydrogens is 282 g/mol. The van der Waals surface area contributed by atoms with Gasteiger partial charge >= 0.3 is 0 Å². The summed E-state index contributed by atoms with van der Waals surface area (Å²) in [6.07, 6.45) is 1.65. The number of nitrogens with one attached hydrogen (secondary N) is 2. The Hall–Kier alpha value is -2.08. The van der Waals surface area contributed by atoms with Crippen LogP contribution in [0.5, 0.6) is 0 Å². The molecule has 0 saturated heterocycles. The van der Waals surface area contributed by atoms with Gasteiger partial charge in [-0.25, -0.2) is 9.97 Å². The molecule has 0 bridgehead atoms. The smallest absolute Gasteiger partial charge is 0.225 e. The first-order valence-electron chi connectivity index (χ1n) is 6.74. The van der Waals surface area contributed by atoms with E-state index >= 15 is 0 Å². The Balaban J connectivity index is 1.89. The van der Waals surface area contributed by atoms with E-state index in [0.29, 0.717) is 11.6 Å². The molecule has 3 rings (SSSR count). The van der Waals surface area contributed by atoms with Crippen LogP contribution in [0.15, 0.2) is 29.6 Å². The van der Waals surface area contributed by atoms with E-state index in [-0.39, 0.29) is 0 Å². The minimum Gasteiger partial charge on any atom is -0.357 e. The van der Waals surface area contributed by atoms with Crippen molar-refractivity contribution >= 4 is 28.9 Å². The fourth-order valence-electron chi connectivity index (χ4n) is 2.33. The van der Waals surface area contributed by atoms with Gasteiger partial charge in [-0.2, -0.15) is 4.98 Å². The minimum atomic E-state index is 0.595. The maximum atomic E-state index is 4.52. The van der Waals surface area contributed by atoms with Crippen LogP contribution in [-0.2, 0) is 5.75 Å². The molecule has 2 N–H and O–H groups in total. The van der Waals surface area contributed by atoms with Crippen LogP contribution in [0.3, 0.4) is 0 Å². The lowest BCUT2D eigenvalue weighted by molar-refractivity contribution is 1.08. The molecule has 2 heterocycles. The monoisotopic (exact) mass is 299 g/mol. The predicted molar refractivity (Wildman–Crippen MR) is 86.7 cm³/mol. The Morgan fingerprint density at radius 2 is 1.90 bits per heavy atom. The number of thioether (sulfide) groups is 1. The first-order valence-corrected chi connectivity index (χ1v) is 7.73. The van der Waals surface area contributed by atoms with Crippen molar-refractivity contribution < 1.29 is 0 Å². The summed E-state index contributed by atoms with van der Waals surface area (Å²) in [7, 11) is 1.81. The fraction of sp³-hybridized carbons (Fsp3) is 0.267. The maximum absolute atomic E-state index is 4.52. The Kier molecular flexibility index (Phi) is 3.79. The number of anilines is 1. The van der Waals surface area contributed by atoms with E-state index < -0.39 is 0 Å². The van der Waals surface area contributed by atoms with Crippen molar-refractivity contribution in [2.75, 3.05) is 12.4 Å². The maximum Gasteiger partial charge on any atom is 0.225 e. The van der Waals surface area contributed by atoms with Gasteiger partial charge < -0.3 is 10.3 Å². The summed E-state index contributed by atoms with van der Waals surface area (Å²) in [6, 6.07) is 6.61. The first kappa shape index (κ1) is 13.9. The molecule has 1 aromatic carbocycles. The topological polar surface area (TPSA) is 66.5 Å². The van der Waals surface area contributed by atoms with Gasteiger partial charge in [-0.3, -0.25) is 0 Å². The van der Waals surface area contributed by atoms with E-state index in [1.165, 1.54) is 16.7 Å². The van der Waals surface area contributed by atoms with Gasteiger partial charge in [-0.1, -0.05) is 41.1 Å². The van der Waals surface area contributed by atoms with Crippen LogP contribution in [-0.4, -0.2) is 27.0 Å². The molecule has 0 spiro atoms. The molecule has 0 aliphatic rings. The van der Waals surface area contributed by atoms with Crippen LogP contribution in [0, 0.1) is 13.8 Å². The lowest BCUT2D eigenvalue weighted by atomic mass is 10.1. The van der Waals surface area contributed by atoms with Crippen LogP contribution in [0.4, 0.5) is 5.95 Å². The summed E-state index contributed by atoms with van der Waals surface area (Å²) >= 11 is 1.69. The number of aryl methyl sites for hydroxylation is 2. The summed E-state index contributed by atoms with van der Waals surface area (Å²) in [5, 5.41) is 3.89. The Bertz CT molecular complexity index is 761. The van der Waals surface area contributed by atoms with Gasteiger partial charge in [0, 0.05) is 12.8 Å². The summed E-state index contributed by atoms with van der Waals surface area (Å²) in [5.74, 6) is 1.47. The summed E-state index contributed by atoms with van der Waals surface area (Å²) in [5.41, 5.74) is 5.46. The molecule has 6 heteroatoms. The summed E-state index contributed by atoms with van der Waals surface area (Å²) in [4.78, 5) is 16.2. The van der Waals surface area contributed by atoms with E-state index in [2.05, 4.69) is 57.3 Å². The lowest BCUT2D eigenvalue weighted by Crippen LogP contribution is -1.98. The number of aromatic nitrogens is 4. The first-order chi connectivity index (χ1) is 10.2. The third-order valence-corrected chi connectivity index (χ3v) is 4.18. The molecule has 0 radical (unpaired) electrons. The fourth-order valence-corrected chi connectivity index (χ4v) is 3.24. The van der Waals surface area contributed by atoms with Crippen molar-refractivity contribution in [3.05, 3.63) is 41.2 Å². The molecule has 0 aliphatic carbocycles. The highest BCUT2D eigenvalue weighted by Gasteiger charge is 2.10. The minimum absolute atomic E-state index is 0.595. The third kappa shape index (κ3) is 3.00. The predicted octanol–water partition coefficient (Wildman–Crippen LogP) is 3.30. The molecule has 0 fully saturated rings. The average Bonchev–Trinajstić information content (AvgIpc) is 2.91. The van der Waals surface area contributed by atoms with Crippen LogP contribution < -0.4 is 5.32 Å². The number of rotatable bonds is 4. The molecule has 21 heavy (non-hydrogen) atoms. The number of imidazole rings is 1. The van der Waals surface area contributed by atoms with Crippen molar-refractivity contribution in [3.63, 3.8) is 0 Å². The molecular formula is C15H17N5S. The van der Waals surface area contributed by atoms with Crippen molar-refractivity contribution in [2.45, 2.75) is 24.6 Å². The Morgan fingerprint density at radius 1 is 1.14 bits per heavy atom. The second kappa shape index (κ2) is 5.73.